The van der Waals surface area contributed by atoms with Crippen molar-refractivity contribution in [1.29, 1.82) is 5.26 Å². The van der Waals surface area contributed by atoms with E-state index in [4.69, 9.17) is 19.9 Å². The first-order chi connectivity index (χ1) is 11.8. The summed E-state index contributed by atoms with van der Waals surface area (Å²) in [4.78, 5) is 12.5. The number of methoxy groups -OCH3 is 1. The van der Waals surface area contributed by atoms with Crippen molar-refractivity contribution in [3.63, 3.8) is 0 Å². The lowest BCUT2D eigenvalue weighted by molar-refractivity contribution is -0.139. The molecule has 1 unspecified atom stereocenters. The second-order valence-electron chi connectivity index (χ2n) is 5.13. The van der Waals surface area contributed by atoms with Crippen LogP contribution in [0.1, 0.15) is 25.3 Å². The lowest BCUT2D eigenvalue weighted by Gasteiger charge is -2.28. The minimum absolute atomic E-state index is 0.0237. The minimum atomic E-state index is -0.972. The highest BCUT2D eigenvalue weighted by Crippen LogP contribution is 2.44. The molecule has 0 saturated carbocycles. The Morgan fingerprint density at radius 1 is 1.52 bits per heavy atom. The minimum Gasteiger partial charge on any atom is -0.493 e. The Hall–Kier alpha value is -2.53. The number of benzene rings is 1. The van der Waals surface area contributed by atoms with Crippen molar-refractivity contribution in [1.82, 2.24) is 0 Å². The predicted molar refractivity (Wildman–Crippen MR) is 90.6 cm³/mol. The molecule has 25 heavy (non-hydrogen) atoms. The molecule has 0 bridgehead atoms. The number of nitriles is 1. The van der Waals surface area contributed by atoms with E-state index in [9.17, 15) is 14.4 Å². The van der Waals surface area contributed by atoms with E-state index in [0.29, 0.717) is 4.47 Å². The smallest absolute Gasteiger partial charge is 0.338 e. The molecule has 6 nitrogen and oxygen atoms in total. The van der Waals surface area contributed by atoms with Crippen molar-refractivity contribution < 1.29 is 23.4 Å². The molecular formula is C17H16BrFN2O4. The van der Waals surface area contributed by atoms with Gasteiger partial charge in [-0.15, -0.1) is 0 Å². The normalized spacial score (nSPS) is 17.0. The molecule has 1 atom stereocenters. The van der Waals surface area contributed by atoms with Gasteiger partial charge in [0.15, 0.2) is 11.6 Å². The molecule has 0 amide bonds. The average Bonchev–Trinajstić information content (AvgIpc) is 2.53. The summed E-state index contributed by atoms with van der Waals surface area (Å²) in [6.45, 7) is 3.32. The predicted octanol–water partition coefficient (Wildman–Crippen LogP) is 3.24. The highest BCUT2D eigenvalue weighted by atomic mass is 79.9. The number of halogens is 2. The molecule has 132 valence electrons. The largest absolute Gasteiger partial charge is 0.493 e. The van der Waals surface area contributed by atoms with Crippen LogP contribution in [-0.4, -0.2) is 19.7 Å². The second-order valence-corrected chi connectivity index (χ2v) is 6.04. The Balaban J connectivity index is 2.78. The summed E-state index contributed by atoms with van der Waals surface area (Å²) < 4.78 is 30.3. The molecule has 2 rings (SSSR count). The first-order valence-corrected chi connectivity index (χ1v) is 8.13. The van der Waals surface area contributed by atoms with Crippen LogP contribution >= 0.6 is 15.9 Å². The van der Waals surface area contributed by atoms with Crippen LogP contribution in [-0.2, 0) is 14.3 Å². The van der Waals surface area contributed by atoms with E-state index in [1.54, 1.807) is 13.0 Å². The van der Waals surface area contributed by atoms with Crippen molar-refractivity contribution in [3.05, 3.63) is 50.8 Å². The topological polar surface area (TPSA) is 94.6 Å². The molecule has 0 fully saturated rings. The number of carbonyl (C=O) groups is 1. The molecule has 1 aliphatic rings. The molecule has 1 heterocycles. The quantitative estimate of drug-likeness (QED) is 0.765. The highest BCUT2D eigenvalue weighted by molar-refractivity contribution is 9.10. The fourth-order valence-electron chi connectivity index (χ4n) is 2.68. The first-order valence-electron chi connectivity index (χ1n) is 7.34. The maximum atomic E-state index is 14.3. The van der Waals surface area contributed by atoms with E-state index in [1.165, 1.54) is 20.1 Å². The van der Waals surface area contributed by atoms with Crippen molar-refractivity contribution in [2.45, 2.75) is 19.8 Å². The maximum Gasteiger partial charge on any atom is 0.338 e. The van der Waals surface area contributed by atoms with Crippen LogP contribution in [0.5, 0.6) is 5.75 Å². The highest BCUT2D eigenvalue weighted by Gasteiger charge is 2.38. The zero-order valence-electron chi connectivity index (χ0n) is 13.9. The fourth-order valence-corrected chi connectivity index (χ4v) is 3.12. The number of hydrogen-bond acceptors (Lipinski definition) is 6. The van der Waals surface area contributed by atoms with Gasteiger partial charge in [-0.25, -0.2) is 9.18 Å². The van der Waals surface area contributed by atoms with Gasteiger partial charge in [0.2, 0.25) is 5.88 Å². The number of allylic oxidation sites excluding steroid dienone is 2. The van der Waals surface area contributed by atoms with Gasteiger partial charge >= 0.3 is 5.97 Å². The Morgan fingerprint density at radius 3 is 2.76 bits per heavy atom. The van der Waals surface area contributed by atoms with E-state index in [0.717, 1.165) is 0 Å². The zero-order chi connectivity index (χ0) is 18.7. The zero-order valence-corrected chi connectivity index (χ0v) is 15.4. The van der Waals surface area contributed by atoms with Gasteiger partial charge in [0, 0.05) is 10.0 Å². The molecule has 1 aromatic carbocycles. The summed E-state index contributed by atoms with van der Waals surface area (Å²) in [7, 11) is 1.30. The summed E-state index contributed by atoms with van der Waals surface area (Å²) in [6, 6.07) is 4.72. The third-order valence-corrected chi connectivity index (χ3v) is 4.11. The Bertz CT molecular complexity index is 827. The lowest BCUT2D eigenvalue weighted by Crippen LogP contribution is -2.26. The summed E-state index contributed by atoms with van der Waals surface area (Å²) in [6.07, 6.45) is 0. The van der Waals surface area contributed by atoms with E-state index in [-0.39, 0.29) is 40.7 Å². The second kappa shape index (κ2) is 7.57. The van der Waals surface area contributed by atoms with Gasteiger partial charge in [0.05, 0.1) is 25.2 Å². The number of rotatable bonds is 4. The van der Waals surface area contributed by atoms with Gasteiger partial charge in [-0.1, -0.05) is 15.9 Å². The number of ether oxygens (including phenoxy) is 3. The van der Waals surface area contributed by atoms with E-state index in [1.807, 2.05) is 6.07 Å². The van der Waals surface area contributed by atoms with Crippen LogP contribution in [0.2, 0.25) is 0 Å². The fraction of sp³-hybridized carbons (Fsp3) is 0.294. The number of nitrogens with zero attached hydrogens (tertiary/aromatic N) is 1. The van der Waals surface area contributed by atoms with Crippen LogP contribution in [0.3, 0.4) is 0 Å². The number of nitrogens with two attached hydrogens (primary N) is 1. The van der Waals surface area contributed by atoms with Crippen LogP contribution in [0.4, 0.5) is 4.39 Å². The maximum absolute atomic E-state index is 14.3. The molecule has 0 radical (unpaired) electrons. The van der Waals surface area contributed by atoms with Crippen molar-refractivity contribution in [3.8, 4) is 11.8 Å². The number of carbonyl (C=O) groups excluding carboxylic acids is 1. The van der Waals surface area contributed by atoms with Crippen LogP contribution in [0.25, 0.3) is 0 Å². The first kappa shape index (κ1) is 18.8. The SMILES string of the molecule is CCOC(=O)C1=C(C)OC(N)=C(C#N)C1c1cc(Br)cc(F)c1OC. The van der Waals surface area contributed by atoms with E-state index >= 15 is 0 Å². The average molecular weight is 411 g/mol. The standard InChI is InChI=1S/C17H16BrFN2O4/c1-4-24-17(22)13-8(2)25-16(21)11(7-20)14(13)10-5-9(18)6-12(19)15(10)23-3/h5-6,14H,4,21H2,1-3H3. The number of esters is 1. The lowest BCUT2D eigenvalue weighted by atomic mass is 9.82. The van der Waals surface area contributed by atoms with E-state index in [2.05, 4.69) is 15.9 Å². The summed E-state index contributed by atoms with van der Waals surface area (Å²) in [5.74, 6) is -2.35. The van der Waals surface area contributed by atoms with Crippen molar-refractivity contribution in [2.24, 2.45) is 5.73 Å². The summed E-state index contributed by atoms with van der Waals surface area (Å²) >= 11 is 3.21. The monoisotopic (exact) mass is 410 g/mol. The molecule has 0 aliphatic carbocycles. The Morgan fingerprint density at radius 2 is 2.20 bits per heavy atom. The van der Waals surface area contributed by atoms with Crippen molar-refractivity contribution >= 4 is 21.9 Å². The third-order valence-electron chi connectivity index (χ3n) is 3.65. The van der Waals surface area contributed by atoms with Gasteiger partial charge in [-0.2, -0.15) is 5.26 Å². The molecule has 0 aromatic heterocycles. The molecular weight excluding hydrogens is 395 g/mol. The van der Waals surface area contributed by atoms with Gasteiger partial charge in [0.25, 0.3) is 0 Å². The molecule has 2 N–H and O–H groups in total. The Kier molecular flexibility index (Phi) is 5.69. The molecule has 1 aromatic rings. The molecule has 0 saturated heterocycles. The van der Waals surface area contributed by atoms with Gasteiger partial charge in [-0.3, -0.25) is 0 Å². The van der Waals surface area contributed by atoms with Crippen LogP contribution < -0.4 is 10.5 Å². The van der Waals surface area contributed by atoms with Gasteiger partial charge < -0.3 is 19.9 Å². The third kappa shape index (κ3) is 3.46. The van der Waals surface area contributed by atoms with E-state index < -0.39 is 17.7 Å². The van der Waals surface area contributed by atoms with Crippen LogP contribution in [0.15, 0.2) is 39.4 Å². The molecule has 0 spiro atoms. The van der Waals surface area contributed by atoms with Gasteiger partial charge in [0.1, 0.15) is 17.4 Å². The number of hydrogen-bond donors (Lipinski definition) is 1. The molecule has 8 heteroatoms. The van der Waals surface area contributed by atoms with Crippen LogP contribution in [0, 0.1) is 17.1 Å². The summed E-state index contributed by atoms with van der Waals surface area (Å²) in [5.41, 5.74) is 6.13. The molecule has 1 aliphatic heterocycles. The summed E-state index contributed by atoms with van der Waals surface area (Å²) in [5, 5.41) is 9.52. The Labute approximate surface area is 152 Å². The van der Waals surface area contributed by atoms with Gasteiger partial charge in [-0.05, 0) is 26.0 Å². The van der Waals surface area contributed by atoms with Crippen molar-refractivity contribution in [2.75, 3.05) is 13.7 Å².